The van der Waals surface area contributed by atoms with Gasteiger partial charge in [-0.2, -0.15) is 0 Å². The summed E-state index contributed by atoms with van der Waals surface area (Å²) in [6.07, 6.45) is 6.51. The molecule has 92 valence electrons. The maximum absolute atomic E-state index is 5.14. The Morgan fingerprint density at radius 1 is 0.944 bits per heavy atom. The quantitative estimate of drug-likeness (QED) is 0.753. The van der Waals surface area contributed by atoms with Crippen LogP contribution in [0.4, 0.5) is 0 Å². The van der Waals surface area contributed by atoms with Crippen LogP contribution in [-0.2, 0) is 6.42 Å². The van der Waals surface area contributed by atoms with Gasteiger partial charge in [-0.05, 0) is 36.1 Å². The summed E-state index contributed by atoms with van der Waals surface area (Å²) in [4.78, 5) is 0. The van der Waals surface area contributed by atoms with Gasteiger partial charge in [-0.15, -0.1) is 0 Å². The first-order valence-corrected chi connectivity index (χ1v) is 6.23. The summed E-state index contributed by atoms with van der Waals surface area (Å²) in [6, 6.07) is 18.6. The minimum atomic E-state index is 0.915. The summed E-state index contributed by atoms with van der Waals surface area (Å²) >= 11 is 0. The van der Waals surface area contributed by atoms with Crippen molar-refractivity contribution in [3.05, 3.63) is 71.8 Å². The summed E-state index contributed by atoms with van der Waals surface area (Å²) in [7, 11) is 1.69. The Balaban J connectivity index is 1.83. The fourth-order valence-corrected chi connectivity index (χ4v) is 1.83. The molecule has 0 atom stereocenters. The van der Waals surface area contributed by atoms with E-state index in [-0.39, 0.29) is 0 Å². The highest BCUT2D eigenvalue weighted by Gasteiger charge is 1.93. The van der Waals surface area contributed by atoms with Crippen molar-refractivity contribution in [2.24, 2.45) is 0 Å². The van der Waals surface area contributed by atoms with E-state index in [0.717, 1.165) is 18.6 Å². The number of allylic oxidation sites excluding steroid dienone is 1. The fraction of sp³-hybridized carbons (Fsp3) is 0.176. The third-order valence-electron chi connectivity index (χ3n) is 2.87. The molecule has 0 aliphatic heterocycles. The van der Waals surface area contributed by atoms with Crippen LogP contribution in [0.2, 0.25) is 0 Å². The second-order valence-electron chi connectivity index (χ2n) is 4.20. The molecule has 1 nitrogen and oxygen atoms in total. The van der Waals surface area contributed by atoms with Gasteiger partial charge in [0.05, 0.1) is 7.11 Å². The Hall–Kier alpha value is -2.02. The van der Waals surface area contributed by atoms with E-state index in [1.165, 1.54) is 11.1 Å². The molecule has 0 fully saturated rings. The topological polar surface area (TPSA) is 9.23 Å². The van der Waals surface area contributed by atoms with Crippen molar-refractivity contribution in [1.29, 1.82) is 0 Å². The molecular formula is C17H18O. The lowest BCUT2D eigenvalue weighted by Gasteiger charge is -2.01. The van der Waals surface area contributed by atoms with Crippen molar-refractivity contribution in [3.63, 3.8) is 0 Å². The lowest BCUT2D eigenvalue weighted by atomic mass is 10.1. The van der Waals surface area contributed by atoms with Gasteiger partial charge in [0.25, 0.3) is 0 Å². The highest BCUT2D eigenvalue weighted by Crippen LogP contribution is 2.13. The number of aryl methyl sites for hydroxylation is 1. The van der Waals surface area contributed by atoms with Crippen molar-refractivity contribution in [3.8, 4) is 5.75 Å². The second kappa shape index (κ2) is 6.65. The number of hydrogen-bond acceptors (Lipinski definition) is 1. The largest absolute Gasteiger partial charge is 0.497 e. The lowest BCUT2D eigenvalue weighted by molar-refractivity contribution is 0.414. The highest BCUT2D eigenvalue weighted by molar-refractivity contribution is 5.48. The molecule has 0 heterocycles. The van der Waals surface area contributed by atoms with Gasteiger partial charge in [-0.1, -0.05) is 54.6 Å². The smallest absolute Gasteiger partial charge is 0.118 e. The molecule has 2 rings (SSSR count). The molecular weight excluding hydrogens is 220 g/mol. The second-order valence-corrected chi connectivity index (χ2v) is 4.20. The first-order chi connectivity index (χ1) is 8.88. The van der Waals surface area contributed by atoms with Crippen LogP contribution < -0.4 is 4.74 Å². The van der Waals surface area contributed by atoms with E-state index in [4.69, 9.17) is 4.74 Å². The third-order valence-corrected chi connectivity index (χ3v) is 2.87. The third kappa shape index (κ3) is 3.77. The summed E-state index contributed by atoms with van der Waals surface area (Å²) < 4.78 is 5.14. The first kappa shape index (κ1) is 12.4. The minimum absolute atomic E-state index is 0.915. The molecule has 0 N–H and O–H groups in total. The summed E-state index contributed by atoms with van der Waals surface area (Å²) in [6.45, 7) is 0. The molecule has 1 heteroatoms. The molecule has 0 saturated heterocycles. The van der Waals surface area contributed by atoms with Gasteiger partial charge in [-0.3, -0.25) is 0 Å². The molecule has 0 bridgehead atoms. The van der Waals surface area contributed by atoms with Crippen molar-refractivity contribution in [1.82, 2.24) is 0 Å². The Morgan fingerprint density at radius 3 is 2.33 bits per heavy atom. The molecule has 0 amide bonds. The molecule has 2 aromatic carbocycles. The molecule has 0 aliphatic carbocycles. The van der Waals surface area contributed by atoms with E-state index in [0.29, 0.717) is 0 Å². The zero-order chi connectivity index (χ0) is 12.6. The van der Waals surface area contributed by atoms with Crippen LogP contribution in [0.1, 0.15) is 17.5 Å². The van der Waals surface area contributed by atoms with E-state index in [9.17, 15) is 0 Å². The van der Waals surface area contributed by atoms with Gasteiger partial charge in [0.2, 0.25) is 0 Å². The maximum Gasteiger partial charge on any atom is 0.118 e. The van der Waals surface area contributed by atoms with Crippen molar-refractivity contribution in [2.75, 3.05) is 7.11 Å². The lowest BCUT2D eigenvalue weighted by Crippen LogP contribution is -1.85. The normalized spacial score (nSPS) is 10.7. The van der Waals surface area contributed by atoms with Crippen LogP contribution in [-0.4, -0.2) is 7.11 Å². The van der Waals surface area contributed by atoms with Crippen molar-refractivity contribution < 1.29 is 4.74 Å². The number of benzene rings is 2. The van der Waals surface area contributed by atoms with E-state index in [1.807, 2.05) is 18.2 Å². The Bertz CT molecular complexity index is 483. The first-order valence-electron chi connectivity index (χ1n) is 6.23. The molecule has 0 spiro atoms. The van der Waals surface area contributed by atoms with Crippen LogP contribution in [0, 0.1) is 0 Å². The fourth-order valence-electron chi connectivity index (χ4n) is 1.83. The summed E-state index contributed by atoms with van der Waals surface area (Å²) in [5, 5.41) is 0. The van der Waals surface area contributed by atoms with Gasteiger partial charge in [0, 0.05) is 0 Å². The van der Waals surface area contributed by atoms with E-state index in [2.05, 4.69) is 48.6 Å². The zero-order valence-corrected chi connectivity index (χ0v) is 10.7. The van der Waals surface area contributed by atoms with Crippen LogP contribution >= 0.6 is 0 Å². The predicted molar refractivity (Wildman–Crippen MR) is 76.8 cm³/mol. The average molecular weight is 238 g/mol. The zero-order valence-electron chi connectivity index (χ0n) is 10.7. The molecule has 0 saturated carbocycles. The van der Waals surface area contributed by atoms with Crippen LogP contribution in [0.15, 0.2) is 60.7 Å². The van der Waals surface area contributed by atoms with Gasteiger partial charge in [0.1, 0.15) is 5.75 Å². The maximum atomic E-state index is 5.14. The number of methoxy groups -OCH3 is 1. The van der Waals surface area contributed by atoms with Gasteiger partial charge in [0.15, 0.2) is 0 Å². The molecule has 18 heavy (non-hydrogen) atoms. The van der Waals surface area contributed by atoms with Crippen LogP contribution in [0.25, 0.3) is 6.08 Å². The average Bonchev–Trinajstić information content (AvgIpc) is 2.45. The summed E-state index contributed by atoms with van der Waals surface area (Å²) in [5.74, 6) is 0.915. The van der Waals surface area contributed by atoms with Gasteiger partial charge >= 0.3 is 0 Å². The van der Waals surface area contributed by atoms with Gasteiger partial charge in [-0.25, -0.2) is 0 Å². The highest BCUT2D eigenvalue weighted by atomic mass is 16.5. The standard InChI is InChI=1S/C17H18O/c1-18-17-13-11-16(12-14-17)10-6-5-9-15-7-3-2-4-8-15/h2-5,7-9,11-14H,6,10H2,1H3/b9-5+. The SMILES string of the molecule is COc1ccc(CC/C=C/c2ccccc2)cc1. The number of rotatable bonds is 5. The van der Waals surface area contributed by atoms with Crippen LogP contribution in [0.3, 0.4) is 0 Å². The van der Waals surface area contributed by atoms with E-state index in [1.54, 1.807) is 7.11 Å². The minimum Gasteiger partial charge on any atom is -0.497 e. The Labute approximate surface area is 109 Å². The summed E-state index contributed by atoms with van der Waals surface area (Å²) in [5.41, 5.74) is 2.60. The molecule has 0 aromatic heterocycles. The van der Waals surface area contributed by atoms with E-state index < -0.39 is 0 Å². The monoisotopic (exact) mass is 238 g/mol. The van der Waals surface area contributed by atoms with Crippen molar-refractivity contribution in [2.45, 2.75) is 12.8 Å². The molecule has 0 radical (unpaired) electrons. The predicted octanol–water partition coefficient (Wildman–Crippen LogP) is 4.34. The molecule has 2 aromatic rings. The Morgan fingerprint density at radius 2 is 1.67 bits per heavy atom. The van der Waals surface area contributed by atoms with Gasteiger partial charge < -0.3 is 4.74 Å². The number of hydrogen-bond donors (Lipinski definition) is 0. The van der Waals surface area contributed by atoms with Crippen molar-refractivity contribution >= 4 is 6.08 Å². The van der Waals surface area contributed by atoms with Crippen LogP contribution in [0.5, 0.6) is 5.75 Å². The van der Waals surface area contributed by atoms with E-state index >= 15 is 0 Å². The Kier molecular flexibility index (Phi) is 4.60. The molecule has 0 aliphatic rings. The molecule has 0 unspecified atom stereocenters. The number of ether oxygens (including phenoxy) is 1.